The van der Waals surface area contributed by atoms with Crippen LogP contribution in [0.1, 0.15) is 51.5 Å². The average Bonchev–Trinajstić information content (AvgIpc) is 3.21. The summed E-state index contributed by atoms with van der Waals surface area (Å²) in [5.74, 6) is -2.83. The molecule has 2 aromatic carbocycles. The summed E-state index contributed by atoms with van der Waals surface area (Å²) in [5.41, 5.74) is 3.23. The summed E-state index contributed by atoms with van der Waals surface area (Å²) in [7, 11) is 1.49. The van der Waals surface area contributed by atoms with Crippen LogP contribution in [0.25, 0.3) is 6.08 Å². The zero-order chi connectivity index (χ0) is 30.7. The normalized spacial score (nSPS) is 21.5. The predicted octanol–water partition coefficient (Wildman–Crippen LogP) is 5.37. The number of nitro groups is 1. The van der Waals surface area contributed by atoms with Gasteiger partial charge in [-0.05, 0) is 84.5 Å². The number of benzene rings is 2. The number of ether oxygens (including phenoxy) is 1. The molecule has 0 bridgehead atoms. The number of amides is 2. The van der Waals surface area contributed by atoms with E-state index < -0.39 is 47.2 Å². The Morgan fingerprint density at radius 3 is 2.64 bits per heavy atom. The maximum absolute atomic E-state index is 13.7. The number of nitrogens with zero attached hydrogens (tertiary/aromatic N) is 2. The zero-order valence-corrected chi connectivity index (χ0v) is 25.9. The highest BCUT2D eigenvalue weighted by atomic mass is 127. The Labute approximate surface area is 258 Å². The second-order valence-corrected chi connectivity index (χ2v) is 12.0. The van der Waals surface area contributed by atoms with Crippen molar-refractivity contribution >= 4 is 51.9 Å². The van der Waals surface area contributed by atoms with Gasteiger partial charge in [0.1, 0.15) is 0 Å². The number of phenolic OH excluding ortho intramolecular Hbond substituents is 1. The fourth-order valence-corrected chi connectivity index (χ4v) is 6.83. The monoisotopic (exact) mass is 690 g/mol. The van der Waals surface area contributed by atoms with Gasteiger partial charge in [0, 0.05) is 18.1 Å². The first-order valence-corrected chi connectivity index (χ1v) is 15.0. The van der Waals surface area contributed by atoms with Crippen LogP contribution in [0.3, 0.4) is 0 Å². The fraction of sp³-hybridized carbons (Fsp3) is 0.419. The highest BCUT2D eigenvalue weighted by Gasteiger charge is 2.55. The number of non-ortho nitro benzene ring substituents is 1. The number of phenols is 1. The molecule has 2 aromatic rings. The van der Waals surface area contributed by atoms with E-state index in [2.05, 4.69) is 0 Å². The van der Waals surface area contributed by atoms with Crippen molar-refractivity contribution in [1.29, 1.82) is 0 Å². The van der Waals surface area contributed by atoms with Crippen LogP contribution in [0.5, 0.6) is 11.5 Å². The molecular formula is C31H35IN2O8. The van der Waals surface area contributed by atoms with Gasteiger partial charge in [-0.3, -0.25) is 19.7 Å². The lowest BCUT2D eigenvalue weighted by Crippen LogP contribution is -2.39. The Bertz CT molecular complexity index is 1450. The molecule has 1 saturated heterocycles. The van der Waals surface area contributed by atoms with Crippen LogP contribution in [0, 0.1) is 31.4 Å². The van der Waals surface area contributed by atoms with E-state index in [0.717, 1.165) is 28.0 Å². The van der Waals surface area contributed by atoms with Gasteiger partial charge < -0.3 is 20.1 Å². The van der Waals surface area contributed by atoms with Crippen molar-refractivity contribution in [3.05, 3.63) is 72.4 Å². The standard InChI is InChI=1S/C31H35IN2O8/c1-4-6-19-14-22-28(31(39)33(30(22)38)20-7-5-8-21(15-20)34(40)41)23(16-35)27(19)25(36)10-9-17(2)11-18-12-24(32)29(37)26(13-18)42-3/h5,7-8,11-13,15,22-23,25,28,35-37H,4,6,9-10,14,16H2,1-3H3/b17-11+/t22-,23+,25-,28-/m1/s1. The number of fused-ring (bicyclic) bond motifs is 1. The molecule has 11 heteroatoms. The van der Waals surface area contributed by atoms with Crippen LogP contribution in [-0.4, -0.2) is 51.9 Å². The molecule has 1 aliphatic carbocycles. The number of imide groups is 1. The fourth-order valence-electron chi connectivity index (χ4n) is 6.21. The van der Waals surface area contributed by atoms with Crippen molar-refractivity contribution in [2.24, 2.45) is 17.8 Å². The van der Waals surface area contributed by atoms with E-state index in [-0.39, 0.29) is 23.5 Å². The molecule has 3 N–H and O–H groups in total. The number of methoxy groups -OCH3 is 1. The minimum absolute atomic E-state index is 0.0772. The Balaban J connectivity index is 1.59. The lowest BCUT2D eigenvalue weighted by atomic mass is 9.67. The molecule has 1 aliphatic heterocycles. The second-order valence-electron chi connectivity index (χ2n) is 10.8. The number of nitro benzene ring substituents is 1. The van der Waals surface area contributed by atoms with Gasteiger partial charge >= 0.3 is 0 Å². The van der Waals surface area contributed by atoms with E-state index in [0.29, 0.717) is 34.2 Å². The third-order valence-corrected chi connectivity index (χ3v) is 8.91. The molecule has 224 valence electrons. The van der Waals surface area contributed by atoms with Crippen molar-refractivity contribution in [1.82, 2.24) is 0 Å². The molecule has 0 aromatic heterocycles. The topological polar surface area (TPSA) is 150 Å². The maximum Gasteiger partial charge on any atom is 0.271 e. The van der Waals surface area contributed by atoms with Crippen LogP contribution in [0.15, 0.2) is 53.1 Å². The van der Waals surface area contributed by atoms with Gasteiger partial charge in [-0.25, -0.2) is 4.90 Å². The molecule has 2 aliphatic rings. The van der Waals surface area contributed by atoms with Crippen LogP contribution < -0.4 is 9.64 Å². The molecular weight excluding hydrogens is 655 g/mol. The summed E-state index contributed by atoms with van der Waals surface area (Å²) in [4.78, 5) is 39.0. The van der Waals surface area contributed by atoms with Crippen LogP contribution in [0.2, 0.25) is 0 Å². The Morgan fingerprint density at radius 2 is 2.00 bits per heavy atom. The van der Waals surface area contributed by atoms with Crippen molar-refractivity contribution in [2.45, 2.75) is 52.1 Å². The second kappa shape index (κ2) is 13.3. The third-order valence-electron chi connectivity index (χ3n) is 8.09. The van der Waals surface area contributed by atoms with Gasteiger partial charge in [-0.2, -0.15) is 0 Å². The number of allylic oxidation sites excluding steroid dienone is 2. The Kier molecular flexibility index (Phi) is 10.1. The molecule has 42 heavy (non-hydrogen) atoms. The minimum atomic E-state index is -0.933. The lowest BCUT2D eigenvalue weighted by Gasteiger charge is -2.36. The molecule has 0 saturated carbocycles. The van der Waals surface area contributed by atoms with E-state index in [9.17, 15) is 35.0 Å². The van der Waals surface area contributed by atoms with E-state index in [1.807, 2.05) is 48.6 Å². The van der Waals surface area contributed by atoms with Gasteiger partial charge in [0.05, 0.1) is 45.8 Å². The summed E-state index contributed by atoms with van der Waals surface area (Å²) < 4.78 is 5.90. The summed E-state index contributed by atoms with van der Waals surface area (Å²) in [6.07, 6.45) is 3.57. The van der Waals surface area contributed by atoms with E-state index in [4.69, 9.17) is 4.74 Å². The lowest BCUT2D eigenvalue weighted by molar-refractivity contribution is -0.384. The molecule has 1 fully saturated rings. The SMILES string of the molecule is CCCC1=C([C@H](O)CC/C(C)=C/c2cc(I)c(O)c(OC)c2)[C@H](CO)[C@@H]2C(=O)N(c3cccc([N+](=O)[O-])c3)C(=O)[C@@H]2C1. The van der Waals surface area contributed by atoms with Crippen molar-refractivity contribution in [3.8, 4) is 11.5 Å². The zero-order valence-electron chi connectivity index (χ0n) is 23.7. The van der Waals surface area contributed by atoms with Gasteiger partial charge in [0.2, 0.25) is 11.8 Å². The number of hydrogen-bond acceptors (Lipinski definition) is 8. The van der Waals surface area contributed by atoms with E-state index in [1.165, 1.54) is 31.4 Å². The molecule has 4 atom stereocenters. The molecule has 0 spiro atoms. The number of aliphatic hydroxyl groups excluding tert-OH is 2. The number of anilines is 1. The Hall–Kier alpha value is -3.29. The largest absolute Gasteiger partial charge is 0.504 e. The number of aliphatic hydroxyl groups is 2. The summed E-state index contributed by atoms with van der Waals surface area (Å²) in [6.45, 7) is 3.52. The average molecular weight is 691 g/mol. The summed E-state index contributed by atoms with van der Waals surface area (Å²) in [6, 6.07) is 8.99. The van der Waals surface area contributed by atoms with Crippen molar-refractivity contribution < 1.29 is 34.6 Å². The summed E-state index contributed by atoms with van der Waals surface area (Å²) in [5, 5.41) is 43.4. The molecule has 1 heterocycles. The van der Waals surface area contributed by atoms with E-state index in [1.54, 1.807) is 6.07 Å². The molecule has 10 nitrogen and oxygen atoms in total. The number of carbonyl (C=O) groups excluding carboxylic acids is 2. The minimum Gasteiger partial charge on any atom is -0.504 e. The number of halogens is 1. The van der Waals surface area contributed by atoms with Gasteiger partial charge in [-0.15, -0.1) is 0 Å². The quantitative estimate of drug-likeness (QED) is 0.0937. The highest BCUT2D eigenvalue weighted by Crippen LogP contribution is 2.48. The first kappa shape index (κ1) is 31.6. The summed E-state index contributed by atoms with van der Waals surface area (Å²) >= 11 is 2.03. The van der Waals surface area contributed by atoms with Gasteiger partial charge in [0.15, 0.2) is 11.5 Å². The van der Waals surface area contributed by atoms with Crippen LogP contribution >= 0.6 is 22.6 Å². The van der Waals surface area contributed by atoms with Gasteiger partial charge in [-0.1, -0.05) is 36.6 Å². The van der Waals surface area contributed by atoms with E-state index >= 15 is 0 Å². The molecule has 0 radical (unpaired) electrons. The molecule has 2 amide bonds. The van der Waals surface area contributed by atoms with Crippen molar-refractivity contribution in [2.75, 3.05) is 18.6 Å². The highest BCUT2D eigenvalue weighted by molar-refractivity contribution is 14.1. The smallest absolute Gasteiger partial charge is 0.271 e. The van der Waals surface area contributed by atoms with Crippen LogP contribution in [-0.2, 0) is 9.59 Å². The number of aromatic hydroxyl groups is 1. The molecule has 0 unspecified atom stereocenters. The predicted molar refractivity (Wildman–Crippen MR) is 166 cm³/mol. The Morgan fingerprint density at radius 1 is 1.26 bits per heavy atom. The number of carbonyl (C=O) groups is 2. The number of rotatable bonds is 11. The number of hydrogen-bond donors (Lipinski definition) is 3. The maximum atomic E-state index is 13.7. The first-order valence-electron chi connectivity index (χ1n) is 13.9. The third kappa shape index (κ3) is 6.23. The first-order chi connectivity index (χ1) is 20.0. The van der Waals surface area contributed by atoms with Crippen LogP contribution in [0.4, 0.5) is 11.4 Å². The van der Waals surface area contributed by atoms with Gasteiger partial charge in [0.25, 0.3) is 5.69 Å². The molecule has 4 rings (SSSR count). The van der Waals surface area contributed by atoms with Crippen molar-refractivity contribution in [3.63, 3.8) is 0 Å².